The van der Waals surface area contributed by atoms with E-state index in [0.717, 1.165) is 6.54 Å². The second kappa shape index (κ2) is 9.24. The lowest BCUT2D eigenvalue weighted by molar-refractivity contribution is 0.188. The van der Waals surface area contributed by atoms with Crippen molar-refractivity contribution in [2.45, 2.75) is 25.9 Å². The molecule has 7 heteroatoms. The average Bonchev–Trinajstić information content (AvgIpc) is 2.87. The molecule has 4 nitrogen and oxygen atoms in total. The monoisotopic (exact) mass is 425 g/mol. The third kappa shape index (κ3) is 5.05. The highest BCUT2D eigenvalue weighted by atomic mass is 127. The molecule has 2 rings (SSSR count). The van der Waals surface area contributed by atoms with Crippen LogP contribution in [0.2, 0.25) is 0 Å². The van der Waals surface area contributed by atoms with Gasteiger partial charge in [0.05, 0.1) is 6.10 Å². The fourth-order valence-corrected chi connectivity index (χ4v) is 2.40. The summed E-state index contributed by atoms with van der Waals surface area (Å²) in [5.41, 5.74) is 0.0681. The van der Waals surface area contributed by atoms with Gasteiger partial charge >= 0.3 is 0 Å². The van der Waals surface area contributed by atoms with E-state index in [1.54, 1.807) is 0 Å². The molecule has 1 aromatic carbocycles. The SMILES string of the molecule is CCNC(=NCCc1c(F)cccc1F)N1CC[C@@H](O)C1.I. The molecule has 1 aromatic rings. The maximum atomic E-state index is 13.5. The van der Waals surface area contributed by atoms with Crippen molar-refractivity contribution in [1.82, 2.24) is 10.2 Å². The van der Waals surface area contributed by atoms with Crippen molar-refractivity contribution in [2.75, 3.05) is 26.2 Å². The number of guanidine groups is 1. The van der Waals surface area contributed by atoms with Crippen LogP contribution < -0.4 is 5.32 Å². The van der Waals surface area contributed by atoms with Crippen LogP contribution in [0.25, 0.3) is 0 Å². The van der Waals surface area contributed by atoms with Crippen molar-refractivity contribution in [3.05, 3.63) is 35.4 Å². The van der Waals surface area contributed by atoms with Crippen molar-refractivity contribution in [2.24, 2.45) is 4.99 Å². The Bertz CT molecular complexity index is 493. The molecule has 1 fully saturated rings. The van der Waals surface area contributed by atoms with Gasteiger partial charge in [0.15, 0.2) is 5.96 Å². The minimum Gasteiger partial charge on any atom is -0.391 e. The molecule has 1 aliphatic rings. The van der Waals surface area contributed by atoms with Gasteiger partial charge in [-0.1, -0.05) is 6.07 Å². The standard InChI is InChI=1S/C15H21F2N3O.HI/c1-2-18-15(20-9-7-11(21)10-20)19-8-6-12-13(16)4-3-5-14(12)17;/h3-5,11,21H,2,6-10H2,1H3,(H,18,19);1H/t11-;/m1./s1. The lowest BCUT2D eigenvalue weighted by atomic mass is 10.1. The Morgan fingerprint density at radius 1 is 1.41 bits per heavy atom. The zero-order chi connectivity index (χ0) is 15.2. The van der Waals surface area contributed by atoms with E-state index in [1.165, 1.54) is 18.2 Å². The summed E-state index contributed by atoms with van der Waals surface area (Å²) >= 11 is 0. The van der Waals surface area contributed by atoms with Gasteiger partial charge in [-0.25, -0.2) is 8.78 Å². The zero-order valence-electron chi connectivity index (χ0n) is 12.6. The number of benzene rings is 1. The van der Waals surface area contributed by atoms with Crippen LogP contribution in [0.3, 0.4) is 0 Å². The van der Waals surface area contributed by atoms with Crippen LogP contribution in [0.1, 0.15) is 18.9 Å². The van der Waals surface area contributed by atoms with Crippen LogP contribution in [-0.2, 0) is 6.42 Å². The summed E-state index contributed by atoms with van der Waals surface area (Å²) in [7, 11) is 0. The highest BCUT2D eigenvalue weighted by molar-refractivity contribution is 14.0. The molecule has 0 unspecified atom stereocenters. The molecule has 0 bridgehead atoms. The molecule has 0 aliphatic carbocycles. The van der Waals surface area contributed by atoms with Crippen LogP contribution >= 0.6 is 24.0 Å². The molecule has 0 aromatic heterocycles. The van der Waals surface area contributed by atoms with E-state index in [9.17, 15) is 13.9 Å². The summed E-state index contributed by atoms with van der Waals surface area (Å²) in [6.45, 7) is 4.24. The van der Waals surface area contributed by atoms with Crippen molar-refractivity contribution in [1.29, 1.82) is 0 Å². The van der Waals surface area contributed by atoms with E-state index in [4.69, 9.17) is 0 Å². The van der Waals surface area contributed by atoms with Crippen LogP contribution in [0.15, 0.2) is 23.2 Å². The first-order chi connectivity index (χ1) is 10.1. The van der Waals surface area contributed by atoms with Crippen LogP contribution in [0.4, 0.5) is 8.78 Å². The first kappa shape index (κ1) is 19.1. The van der Waals surface area contributed by atoms with Crippen LogP contribution in [-0.4, -0.2) is 48.2 Å². The average molecular weight is 425 g/mol. The first-order valence-corrected chi connectivity index (χ1v) is 7.26. The van der Waals surface area contributed by atoms with E-state index < -0.39 is 11.6 Å². The Morgan fingerprint density at radius 2 is 2.09 bits per heavy atom. The molecular formula is C15H22F2IN3O. The topological polar surface area (TPSA) is 47.9 Å². The van der Waals surface area contributed by atoms with Gasteiger partial charge in [0.1, 0.15) is 11.6 Å². The van der Waals surface area contributed by atoms with E-state index in [0.29, 0.717) is 32.0 Å². The number of aliphatic imine (C=N–C) groups is 1. The maximum Gasteiger partial charge on any atom is 0.194 e. The van der Waals surface area contributed by atoms with Crippen molar-refractivity contribution >= 4 is 29.9 Å². The number of halogens is 3. The number of nitrogens with zero attached hydrogens (tertiary/aromatic N) is 2. The number of aliphatic hydroxyl groups is 1. The fourth-order valence-electron chi connectivity index (χ4n) is 2.40. The van der Waals surface area contributed by atoms with Gasteiger partial charge in [0, 0.05) is 31.7 Å². The van der Waals surface area contributed by atoms with Gasteiger partial charge in [-0.15, -0.1) is 24.0 Å². The number of β-amino-alcohol motifs (C(OH)–C–C–N with tert-alkyl or cyclic N) is 1. The van der Waals surface area contributed by atoms with Gasteiger partial charge in [-0.05, 0) is 31.9 Å². The summed E-state index contributed by atoms with van der Waals surface area (Å²) in [5.74, 6) is -0.385. The Hall–Kier alpha value is -0.960. The molecule has 2 N–H and O–H groups in total. The Balaban J connectivity index is 0.00000242. The molecule has 1 atom stereocenters. The highest BCUT2D eigenvalue weighted by Crippen LogP contribution is 2.13. The van der Waals surface area contributed by atoms with E-state index in [1.807, 2.05) is 11.8 Å². The predicted molar refractivity (Wildman–Crippen MR) is 93.7 cm³/mol. The lowest BCUT2D eigenvalue weighted by Gasteiger charge is -2.20. The minimum absolute atomic E-state index is 0. The highest BCUT2D eigenvalue weighted by Gasteiger charge is 2.22. The minimum atomic E-state index is -0.535. The molecule has 1 saturated heterocycles. The molecule has 0 spiro atoms. The number of hydrogen-bond donors (Lipinski definition) is 2. The lowest BCUT2D eigenvalue weighted by Crippen LogP contribution is -2.40. The van der Waals surface area contributed by atoms with E-state index in [2.05, 4.69) is 10.3 Å². The maximum absolute atomic E-state index is 13.5. The number of rotatable bonds is 4. The molecule has 1 heterocycles. The normalized spacial score (nSPS) is 18.3. The van der Waals surface area contributed by atoms with E-state index in [-0.39, 0.29) is 42.1 Å². The third-order valence-electron chi connectivity index (χ3n) is 3.48. The second-order valence-electron chi connectivity index (χ2n) is 5.07. The third-order valence-corrected chi connectivity index (χ3v) is 3.48. The summed E-state index contributed by atoms with van der Waals surface area (Å²) in [6.07, 6.45) is 0.591. The Morgan fingerprint density at radius 3 is 2.64 bits per heavy atom. The first-order valence-electron chi connectivity index (χ1n) is 7.26. The number of hydrogen-bond acceptors (Lipinski definition) is 2. The number of aliphatic hydroxyl groups excluding tert-OH is 1. The fraction of sp³-hybridized carbons (Fsp3) is 0.533. The summed E-state index contributed by atoms with van der Waals surface area (Å²) in [5, 5.41) is 12.7. The van der Waals surface area contributed by atoms with Crippen LogP contribution in [0, 0.1) is 11.6 Å². The molecule has 0 saturated carbocycles. The molecular weight excluding hydrogens is 403 g/mol. The summed E-state index contributed by atoms with van der Waals surface area (Å²) in [6, 6.07) is 3.86. The molecule has 124 valence electrons. The quantitative estimate of drug-likeness (QED) is 0.442. The van der Waals surface area contributed by atoms with Crippen molar-refractivity contribution in [3.8, 4) is 0 Å². The molecule has 22 heavy (non-hydrogen) atoms. The van der Waals surface area contributed by atoms with E-state index >= 15 is 0 Å². The Kier molecular flexibility index (Phi) is 8.02. The second-order valence-corrected chi connectivity index (χ2v) is 5.07. The number of nitrogens with one attached hydrogen (secondary N) is 1. The van der Waals surface area contributed by atoms with Crippen LogP contribution in [0.5, 0.6) is 0 Å². The van der Waals surface area contributed by atoms with Gasteiger partial charge in [-0.3, -0.25) is 4.99 Å². The van der Waals surface area contributed by atoms with Gasteiger partial charge in [-0.2, -0.15) is 0 Å². The molecule has 0 radical (unpaired) electrons. The largest absolute Gasteiger partial charge is 0.391 e. The smallest absolute Gasteiger partial charge is 0.194 e. The predicted octanol–water partition coefficient (Wildman–Crippen LogP) is 2.16. The van der Waals surface area contributed by atoms with Crippen molar-refractivity contribution in [3.63, 3.8) is 0 Å². The number of likely N-dealkylation sites (tertiary alicyclic amines) is 1. The van der Waals surface area contributed by atoms with Gasteiger partial charge < -0.3 is 15.3 Å². The van der Waals surface area contributed by atoms with Gasteiger partial charge in [0.25, 0.3) is 0 Å². The zero-order valence-corrected chi connectivity index (χ0v) is 14.9. The van der Waals surface area contributed by atoms with Crippen molar-refractivity contribution < 1.29 is 13.9 Å². The summed E-state index contributed by atoms with van der Waals surface area (Å²) in [4.78, 5) is 6.36. The molecule has 1 aliphatic heterocycles. The molecule has 0 amide bonds. The van der Waals surface area contributed by atoms with Gasteiger partial charge in [0.2, 0.25) is 0 Å². The summed E-state index contributed by atoms with van der Waals surface area (Å²) < 4.78 is 27.1. The Labute approximate surface area is 146 Å².